The van der Waals surface area contributed by atoms with Gasteiger partial charge in [0.2, 0.25) is 0 Å². The van der Waals surface area contributed by atoms with E-state index < -0.39 is 0 Å². The van der Waals surface area contributed by atoms with Crippen LogP contribution in [-0.4, -0.2) is 19.7 Å². The molecule has 1 fully saturated rings. The van der Waals surface area contributed by atoms with E-state index in [4.69, 9.17) is 4.74 Å². The molecule has 130 valence electrons. The molecule has 0 unspecified atom stereocenters. The van der Waals surface area contributed by atoms with Gasteiger partial charge < -0.3 is 10.1 Å². The maximum atomic E-state index is 6.25. The van der Waals surface area contributed by atoms with Crippen molar-refractivity contribution in [2.45, 2.75) is 32.1 Å². The lowest BCUT2D eigenvalue weighted by Gasteiger charge is -2.32. The summed E-state index contributed by atoms with van der Waals surface area (Å²) in [4.78, 5) is 0. The summed E-state index contributed by atoms with van der Waals surface area (Å²) in [6.07, 6.45) is 1.18. The Labute approximate surface area is 152 Å². The Bertz CT molecular complexity index is 614. The number of hydrogen-bond acceptors (Lipinski definition) is 2. The number of ether oxygens (including phenoxy) is 1. The van der Waals surface area contributed by atoms with Gasteiger partial charge in [-0.25, -0.2) is 0 Å². The molecule has 0 saturated carbocycles. The number of nitrogens with one attached hydrogen (secondary N) is 1. The first kappa shape index (κ1) is 18.8. The Hall–Kier alpha value is -1.51. The van der Waals surface area contributed by atoms with Crippen LogP contribution in [0.4, 0.5) is 0 Å². The molecule has 0 aromatic heterocycles. The Kier molecular flexibility index (Phi) is 7.14. The van der Waals surface area contributed by atoms with Gasteiger partial charge >= 0.3 is 0 Å². The van der Waals surface area contributed by atoms with Crippen LogP contribution in [0.25, 0.3) is 0 Å². The summed E-state index contributed by atoms with van der Waals surface area (Å²) in [7, 11) is 0. The molecule has 24 heavy (non-hydrogen) atoms. The summed E-state index contributed by atoms with van der Waals surface area (Å²) in [5.74, 6) is 2.63. The van der Waals surface area contributed by atoms with Gasteiger partial charge in [-0.3, -0.25) is 0 Å². The van der Waals surface area contributed by atoms with E-state index >= 15 is 0 Å². The number of para-hydroxylation sites is 1. The minimum atomic E-state index is 0. The zero-order valence-electron chi connectivity index (χ0n) is 14.6. The van der Waals surface area contributed by atoms with Crippen molar-refractivity contribution in [3.05, 3.63) is 65.7 Å². The predicted molar refractivity (Wildman–Crippen MR) is 103 cm³/mol. The average molecular weight is 346 g/mol. The first-order chi connectivity index (χ1) is 11.3. The molecule has 3 heteroatoms. The van der Waals surface area contributed by atoms with Crippen LogP contribution >= 0.6 is 12.4 Å². The van der Waals surface area contributed by atoms with Crippen molar-refractivity contribution in [3.8, 4) is 5.75 Å². The maximum Gasteiger partial charge on any atom is 0.122 e. The zero-order chi connectivity index (χ0) is 16.1. The molecule has 2 aromatic rings. The normalized spacial score (nSPS) is 20.5. The third-order valence-corrected chi connectivity index (χ3v) is 4.83. The Morgan fingerprint density at radius 3 is 2.50 bits per heavy atom. The average Bonchev–Trinajstić information content (AvgIpc) is 2.61. The number of rotatable bonds is 5. The quantitative estimate of drug-likeness (QED) is 0.823. The van der Waals surface area contributed by atoms with E-state index in [9.17, 15) is 0 Å². The molecule has 2 atom stereocenters. The van der Waals surface area contributed by atoms with Crippen molar-refractivity contribution < 1.29 is 4.74 Å². The molecule has 3 rings (SSSR count). The van der Waals surface area contributed by atoms with Gasteiger partial charge in [0.15, 0.2) is 0 Å². The van der Waals surface area contributed by atoms with Gasteiger partial charge in [-0.05, 0) is 42.0 Å². The van der Waals surface area contributed by atoms with Crippen molar-refractivity contribution in [3.63, 3.8) is 0 Å². The lowest BCUT2D eigenvalue weighted by Crippen LogP contribution is -2.38. The number of halogens is 1. The summed E-state index contributed by atoms with van der Waals surface area (Å²) in [5.41, 5.74) is 2.74. The highest BCUT2D eigenvalue weighted by atomic mass is 35.5. The van der Waals surface area contributed by atoms with Crippen LogP contribution in [0.5, 0.6) is 5.75 Å². The van der Waals surface area contributed by atoms with E-state index in [1.165, 1.54) is 17.5 Å². The van der Waals surface area contributed by atoms with E-state index in [2.05, 4.69) is 73.8 Å². The van der Waals surface area contributed by atoms with E-state index in [-0.39, 0.29) is 12.4 Å². The van der Waals surface area contributed by atoms with Crippen LogP contribution < -0.4 is 10.1 Å². The van der Waals surface area contributed by atoms with E-state index in [0.717, 1.165) is 25.4 Å². The molecule has 1 N–H and O–H groups in total. The molecule has 2 nitrogen and oxygen atoms in total. The van der Waals surface area contributed by atoms with Gasteiger partial charge in [-0.1, -0.05) is 62.4 Å². The van der Waals surface area contributed by atoms with E-state index in [1.54, 1.807) is 0 Å². The summed E-state index contributed by atoms with van der Waals surface area (Å²) in [5, 5.41) is 3.53. The molecule has 0 spiro atoms. The molecular formula is C21H28ClNO. The Morgan fingerprint density at radius 1 is 1.04 bits per heavy atom. The standard InChI is InChI=1S/C21H27NO.ClH/c1-16(2)19-10-6-7-11-21(19)23-15-18-14-22-13-12-20(18)17-8-4-3-5-9-17;/h3-11,16,18,20,22H,12-15H2,1-2H3;1H/t18-,20+;/m0./s1. The first-order valence-corrected chi connectivity index (χ1v) is 8.73. The highest BCUT2D eigenvalue weighted by Crippen LogP contribution is 2.32. The maximum absolute atomic E-state index is 6.25. The van der Waals surface area contributed by atoms with Crippen LogP contribution in [0.15, 0.2) is 54.6 Å². The molecule has 0 radical (unpaired) electrons. The van der Waals surface area contributed by atoms with Gasteiger partial charge in [-0.2, -0.15) is 0 Å². The van der Waals surface area contributed by atoms with Gasteiger partial charge in [-0.15, -0.1) is 12.4 Å². The second-order valence-corrected chi connectivity index (χ2v) is 6.77. The second kappa shape index (κ2) is 9.10. The van der Waals surface area contributed by atoms with E-state index in [0.29, 0.717) is 17.8 Å². The lowest BCUT2D eigenvalue weighted by molar-refractivity contribution is 0.195. The number of hydrogen-bond donors (Lipinski definition) is 1. The second-order valence-electron chi connectivity index (χ2n) is 6.77. The first-order valence-electron chi connectivity index (χ1n) is 8.73. The van der Waals surface area contributed by atoms with Crippen molar-refractivity contribution in [1.29, 1.82) is 0 Å². The summed E-state index contributed by atoms with van der Waals surface area (Å²) >= 11 is 0. The molecule has 0 amide bonds. The Morgan fingerprint density at radius 2 is 1.75 bits per heavy atom. The van der Waals surface area contributed by atoms with Crippen molar-refractivity contribution in [2.75, 3.05) is 19.7 Å². The predicted octanol–water partition coefficient (Wildman–Crippen LogP) is 5.00. The molecule has 0 bridgehead atoms. The molecule has 1 saturated heterocycles. The number of piperidine rings is 1. The monoisotopic (exact) mass is 345 g/mol. The topological polar surface area (TPSA) is 21.3 Å². The fourth-order valence-corrected chi connectivity index (χ4v) is 3.52. The highest BCUT2D eigenvalue weighted by molar-refractivity contribution is 5.85. The van der Waals surface area contributed by atoms with Gasteiger partial charge in [0, 0.05) is 12.5 Å². The molecular weight excluding hydrogens is 318 g/mol. The van der Waals surface area contributed by atoms with Crippen LogP contribution in [0.1, 0.15) is 43.2 Å². The van der Waals surface area contributed by atoms with Crippen molar-refractivity contribution in [1.82, 2.24) is 5.32 Å². The van der Waals surface area contributed by atoms with E-state index in [1.807, 2.05) is 0 Å². The molecule has 0 aliphatic carbocycles. The zero-order valence-corrected chi connectivity index (χ0v) is 15.4. The smallest absolute Gasteiger partial charge is 0.122 e. The van der Waals surface area contributed by atoms with Crippen LogP contribution in [0, 0.1) is 5.92 Å². The molecule has 1 aliphatic heterocycles. The fourth-order valence-electron chi connectivity index (χ4n) is 3.52. The lowest BCUT2D eigenvalue weighted by atomic mass is 9.81. The molecule has 2 aromatic carbocycles. The third-order valence-electron chi connectivity index (χ3n) is 4.83. The molecule has 1 heterocycles. The minimum Gasteiger partial charge on any atom is -0.493 e. The van der Waals surface area contributed by atoms with Gasteiger partial charge in [0.1, 0.15) is 5.75 Å². The van der Waals surface area contributed by atoms with Crippen LogP contribution in [-0.2, 0) is 0 Å². The Balaban J connectivity index is 0.00000208. The fraction of sp³-hybridized carbons (Fsp3) is 0.429. The van der Waals surface area contributed by atoms with Crippen LogP contribution in [0.3, 0.4) is 0 Å². The third kappa shape index (κ3) is 4.52. The summed E-state index contributed by atoms with van der Waals surface area (Å²) < 4.78 is 6.25. The number of benzene rings is 2. The summed E-state index contributed by atoms with van der Waals surface area (Å²) in [6.45, 7) is 7.34. The highest BCUT2D eigenvalue weighted by Gasteiger charge is 2.27. The SMILES string of the molecule is CC(C)c1ccccc1OC[C@@H]1CNCC[C@@H]1c1ccccc1.Cl. The molecule has 1 aliphatic rings. The van der Waals surface area contributed by atoms with Crippen molar-refractivity contribution >= 4 is 12.4 Å². The van der Waals surface area contributed by atoms with Gasteiger partial charge in [0.05, 0.1) is 6.61 Å². The van der Waals surface area contributed by atoms with Gasteiger partial charge in [0.25, 0.3) is 0 Å². The van der Waals surface area contributed by atoms with Crippen molar-refractivity contribution in [2.24, 2.45) is 5.92 Å². The minimum absolute atomic E-state index is 0. The largest absolute Gasteiger partial charge is 0.493 e. The van der Waals surface area contributed by atoms with Crippen LogP contribution in [0.2, 0.25) is 0 Å². The summed E-state index contributed by atoms with van der Waals surface area (Å²) in [6, 6.07) is 19.3.